The second kappa shape index (κ2) is 5.61. The number of rotatable bonds is 5. The number of fused-ring (bicyclic) bond motifs is 1. The number of hydrogen-bond acceptors (Lipinski definition) is 5. The Labute approximate surface area is 124 Å². The van der Waals surface area contributed by atoms with Gasteiger partial charge in [0, 0.05) is 6.07 Å². The van der Waals surface area contributed by atoms with Gasteiger partial charge in [-0.05, 0) is 24.6 Å². The van der Waals surface area contributed by atoms with Crippen LogP contribution in [0.1, 0.15) is 11.3 Å². The second-order valence-electron chi connectivity index (χ2n) is 4.63. The van der Waals surface area contributed by atoms with Crippen LogP contribution in [-0.2, 0) is 11.3 Å². The molecule has 0 spiro atoms. The normalized spacial score (nSPS) is 11.1. The predicted molar refractivity (Wildman–Crippen MR) is 78.4 cm³/mol. The van der Waals surface area contributed by atoms with Crippen LogP contribution in [0.2, 0.25) is 0 Å². The van der Waals surface area contributed by atoms with Gasteiger partial charge >= 0.3 is 5.97 Å². The van der Waals surface area contributed by atoms with E-state index in [4.69, 9.17) is 9.63 Å². The van der Waals surface area contributed by atoms with Gasteiger partial charge < -0.3 is 14.2 Å². The van der Waals surface area contributed by atoms with E-state index in [2.05, 4.69) is 10.1 Å². The lowest BCUT2D eigenvalue weighted by atomic mass is 10.2. The topological polar surface area (TPSA) is 81.1 Å². The molecule has 0 aliphatic rings. The summed E-state index contributed by atoms with van der Waals surface area (Å²) >= 11 is 1.20. The molecule has 0 radical (unpaired) electrons. The van der Waals surface area contributed by atoms with Crippen molar-refractivity contribution in [3.8, 4) is 0 Å². The van der Waals surface area contributed by atoms with E-state index in [-0.39, 0.29) is 5.75 Å². The van der Waals surface area contributed by atoms with Crippen molar-refractivity contribution in [1.29, 1.82) is 0 Å². The maximum atomic E-state index is 10.8. The fourth-order valence-corrected chi connectivity index (χ4v) is 2.81. The van der Waals surface area contributed by atoms with Crippen molar-refractivity contribution < 1.29 is 14.4 Å². The summed E-state index contributed by atoms with van der Waals surface area (Å²) in [6.45, 7) is 2.48. The van der Waals surface area contributed by atoms with Crippen molar-refractivity contribution in [2.24, 2.45) is 0 Å². The Bertz CT molecular complexity index is 780. The van der Waals surface area contributed by atoms with Crippen LogP contribution in [0, 0.1) is 6.92 Å². The summed E-state index contributed by atoms with van der Waals surface area (Å²) < 4.78 is 7.10. The maximum Gasteiger partial charge on any atom is 0.313 e. The monoisotopic (exact) mass is 303 g/mol. The minimum Gasteiger partial charge on any atom is -0.481 e. The Balaban J connectivity index is 2.04. The van der Waals surface area contributed by atoms with Crippen molar-refractivity contribution >= 4 is 28.8 Å². The number of imidazole rings is 1. The maximum absolute atomic E-state index is 10.8. The summed E-state index contributed by atoms with van der Waals surface area (Å²) in [4.78, 5) is 15.3. The Morgan fingerprint density at radius 1 is 1.43 bits per heavy atom. The number of nitrogens with zero attached hydrogens (tertiary/aromatic N) is 3. The molecule has 1 aromatic carbocycles. The van der Waals surface area contributed by atoms with Gasteiger partial charge in [0.25, 0.3) is 0 Å². The fourth-order valence-electron chi connectivity index (χ4n) is 2.08. The molecular weight excluding hydrogens is 290 g/mol. The van der Waals surface area contributed by atoms with E-state index in [1.807, 2.05) is 29.7 Å². The molecule has 0 saturated heterocycles. The quantitative estimate of drug-likeness (QED) is 0.730. The first-order valence-corrected chi connectivity index (χ1v) is 7.33. The lowest BCUT2D eigenvalue weighted by Crippen LogP contribution is -2.04. The molecule has 3 rings (SSSR count). The largest absolute Gasteiger partial charge is 0.481 e. The number of aliphatic carboxylic acids is 1. The SMILES string of the molecule is Cc1ccc2nc(SCC(=O)O)n(Cc3ccno3)c2c1. The molecule has 7 heteroatoms. The van der Waals surface area contributed by atoms with Crippen molar-refractivity contribution in [1.82, 2.24) is 14.7 Å². The molecule has 108 valence electrons. The first-order chi connectivity index (χ1) is 10.1. The van der Waals surface area contributed by atoms with Gasteiger partial charge in [0.15, 0.2) is 10.9 Å². The lowest BCUT2D eigenvalue weighted by molar-refractivity contribution is -0.133. The molecule has 3 aromatic rings. The minimum atomic E-state index is -0.866. The molecule has 0 amide bonds. The first kappa shape index (κ1) is 13.7. The lowest BCUT2D eigenvalue weighted by Gasteiger charge is -2.06. The van der Waals surface area contributed by atoms with Crippen LogP contribution in [0.15, 0.2) is 40.1 Å². The molecule has 0 unspecified atom stereocenters. The van der Waals surface area contributed by atoms with E-state index in [1.165, 1.54) is 11.8 Å². The summed E-state index contributed by atoms with van der Waals surface area (Å²) in [5.74, 6) is -0.193. The van der Waals surface area contributed by atoms with Crippen molar-refractivity contribution in [3.63, 3.8) is 0 Å². The van der Waals surface area contributed by atoms with Crippen LogP contribution in [0.25, 0.3) is 11.0 Å². The van der Waals surface area contributed by atoms with E-state index in [9.17, 15) is 4.79 Å². The van der Waals surface area contributed by atoms with Crippen molar-refractivity contribution in [2.45, 2.75) is 18.6 Å². The highest BCUT2D eigenvalue weighted by atomic mass is 32.2. The average molecular weight is 303 g/mol. The summed E-state index contributed by atoms with van der Waals surface area (Å²) in [6.07, 6.45) is 1.59. The van der Waals surface area contributed by atoms with Gasteiger partial charge in [-0.2, -0.15) is 0 Å². The van der Waals surface area contributed by atoms with Gasteiger partial charge in [0.2, 0.25) is 0 Å². The molecule has 0 bridgehead atoms. The summed E-state index contributed by atoms with van der Waals surface area (Å²) in [5.41, 5.74) is 2.92. The summed E-state index contributed by atoms with van der Waals surface area (Å²) in [6, 6.07) is 7.74. The van der Waals surface area contributed by atoms with E-state index in [1.54, 1.807) is 12.3 Å². The Morgan fingerprint density at radius 3 is 3.00 bits per heavy atom. The van der Waals surface area contributed by atoms with Gasteiger partial charge in [-0.15, -0.1) is 0 Å². The van der Waals surface area contributed by atoms with Crippen LogP contribution >= 0.6 is 11.8 Å². The zero-order chi connectivity index (χ0) is 14.8. The molecule has 6 nitrogen and oxygen atoms in total. The zero-order valence-corrected chi connectivity index (χ0v) is 12.1. The molecule has 21 heavy (non-hydrogen) atoms. The molecule has 0 aliphatic heterocycles. The Kier molecular flexibility index (Phi) is 3.66. The third kappa shape index (κ3) is 2.92. The van der Waals surface area contributed by atoms with Crippen LogP contribution in [-0.4, -0.2) is 31.5 Å². The van der Waals surface area contributed by atoms with Gasteiger partial charge in [-0.3, -0.25) is 4.79 Å². The Morgan fingerprint density at radius 2 is 2.29 bits per heavy atom. The summed E-state index contributed by atoms with van der Waals surface area (Å²) in [5, 5.41) is 13.2. The summed E-state index contributed by atoms with van der Waals surface area (Å²) in [7, 11) is 0. The highest BCUT2D eigenvalue weighted by molar-refractivity contribution is 7.99. The van der Waals surface area contributed by atoms with Gasteiger partial charge in [0.1, 0.15) is 0 Å². The molecule has 0 atom stereocenters. The molecule has 0 saturated carbocycles. The van der Waals surface area contributed by atoms with E-state index in [0.29, 0.717) is 17.5 Å². The van der Waals surface area contributed by atoms with E-state index < -0.39 is 5.97 Å². The van der Waals surface area contributed by atoms with Gasteiger partial charge in [-0.25, -0.2) is 4.98 Å². The third-order valence-electron chi connectivity index (χ3n) is 3.00. The molecule has 1 N–H and O–H groups in total. The number of aryl methyl sites for hydroxylation is 1. The van der Waals surface area contributed by atoms with E-state index >= 15 is 0 Å². The number of hydrogen-bond donors (Lipinski definition) is 1. The zero-order valence-electron chi connectivity index (χ0n) is 11.3. The van der Waals surface area contributed by atoms with Crippen molar-refractivity contribution in [3.05, 3.63) is 41.8 Å². The molecule has 2 heterocycles. The number of carboxylic acid groups (broad SMARTS) is 1. The number of thioether (sulfide) groups is 1. The smallest absolute Gasteiger partial charge is 0.313 e. The van der Waals surface area contributed by atoms with Crippen molar-refractivity contribution in [2.75, 3.05) is 5.75 Å². The van der Waals surface area contributed by atoms with Crippen LogP contribution < -0.4 is 0 Å². The fraction of sp³-hybridized carbons (Fsp3) is 0.214. The average Bonchev–Trinajstić information content (AvgIpc) is 3.06. The van der Waals surface area contributed by atoms with Gasteiger partial charge in [0.05, 0.1) is 29.5 Å². The standard InChI is InChI=1S/C14H13N3O3S/c1-9-2-3-11-12(6-9)17(7-10-4-5-15-20-10)14(16-11)21-8-13(18)19/h2-6H,7-8H2,1H3,(H,18,19). The van der Waals surface area contributed by atoms with Gasteiger partial charge in [-0.1, -0.05) is 23.0 Å². The minimum absolute atomic E-state index is 0.0291. The number of carboxylic acids is 1. The molecule has 0 aliphatic carbocycles. The first-order valence-electron chi connectivity index (χ1n) is 6.34. The molecule has 0 fully saturated rings. The second-order valence-corrected chi connectivity index (χ2v) is 5.58. The van der Waals surface area contributed by atoms with Crippen LogP contribution in [0.4, 0.5) is 0 Å². The van der Waals surface area contributed by atoms with Crippen LogP contribution in [0.3, 0.4) is 0 Å². The third-order valence-corrected chi connectivity index (χ3v) is 3.96. The van der Waals surface area contributed by atoms with E-state index in [0.717, 1.165) is 16.6 Å². The highest BCUT2D eigenvalue weighted by Gasteiger charge is 2.14. The Hall–Kier alpha value is -2.28. The molecular formula is C14H13N3O3S. The predicted octanol–water partition coefficient (Wildman–Crippen LogP) is 2.56. The number of aromatic nitrogens is 3. The number of benzene rings is 1. The number of carbonyl (C=O) groups is 1. The molecule has 2 aromatic heterocycles. The highest BCUT2D eigenvalue weighted by Crippen LogP contribution is 2.26. The van der Waals surface area contributed by atoms with Crippen LogP contribution in [0.5, 0.6) is 0 Å².